The van der Waals surface area contributed by atoms with Crippen LogP contribution in [0.15, 0.2) is 24.3 Å². The number of carbonyl (C=O) groups excluding carboxylic acids is 2. The summed E-state index contributed by atoms with van der Waals surface area (Å²) in [7, 11) is 1.54. The molecule has 0 bridgehead atoms. The molecule has 0 aromatic heterocycles. The molecule has 1 rings (SSSR count). The third-order valence-corrected chi connectivity index (χ3v) is 2.46. The fourth-order valence-corrected chi connectivity index (χ4v) is 1.39. The summed E-state index contributed by atoms with van der Waals surface area (Å²) in [5.41, 5.74) is 5.90. The van der Waals surface area contributed by atoms with Gasteiger partial charge in [0, 0.05) is 18.7 Å². The van der Waals surface area contributed by atoms with Crippen molar-refractivity contribution < 1.29 is 14.3 Å². The van der Waals surface area contributed by atoms with Gasteiger partial charge in [0.15, 0.2) is 0 Å². The van der Waals surface area contributed by atoms with E-state index in [0.29, 0.717) is 24.4 Å². The lowest BCUT2D eigenvalue weighted by atomic mass is 10.2. The van der Waals surface area contributed by atoms with Gasteiger partial charge in [-0.25, -0.2) is 0 Å². The Morgan fingerprint density at radius 1 is 1.32 bits per heavy atom. The summed E-state index contributed by atoms with van der Waals surface area (Å²) in [6.45, 7) is 2.29. The zero-order valence-electron chi connectivity index (χ0n) is 11.1. The molecular formula is C13H19N3O3. The van der Waals surface area contributed by atoms with Crippen LogP contribution in [0.25, 0.3) is 0 Å². The van der Waals surface area contributed by atoms with Crippen molar-refractivity contribution in [2.45, 2.75) is 13.0 Å². The number of carbonyl (C=O) groups is 2. The summed E-state index contributed by atoms with van der Waals surface area (Å²) < 4.78 is 5.04. The van der Waals surface area contributed by atoms with Gasteiger partial charge in [0.2, 0.25) is 5.91 Å². The lowest BCUT2D eigenvalue weighted by Gasteiger charge is -2.09. The zero-order valence-corrected chi connectivity index (χ0v) is 11.1. The fourth-order valence-electron chi connectivity index (χ4n) is 1.39. The van der Waals surface area contributed by atoms with Crippen LogP contribution < -0.4 is 21.1 Å². The van der Waals surface area contributed by atoms with Crippen molar-refractivity contribution >= 4 is 11.8 Å². The van der Waals surface area contributed by atoms with Crippen LogP contribution in [0.2, 0.25) is 0 Å². The number of hydrogen-bond acceptors (Lipinski definition) is 4. The molecule has 6 nitrogen and oxygen atoms in total. The van der Waals surface area contributed by atoms with Gasteiger partial charge in [0.25, 0.3) is 5.91 Å². The van der Waals surface area contributed by atoms with Crippen molar-refractivity contribution in [1.82, 2.24) is 10.6 Å². The van der Waals surface area contributed by atoms with Gasteiger partial charge in [-0.05, 0) is 25.1 Å². The van der Waals surface area contributed by atoms with Crippen LogP contribution in [-0.2, 0) is 4.79 Å². The van der Waals surface area contributed by atoms with Crippen LogP contribution in [0.4, 0.5) is 0 Å². The molecule has 0 saturated heterocycles. The minimum atomic E-state index is -0.547. The Bertz CT molecular complexity index is 447. The summed E-state index contributed by atoms with van der Waals surface area (Å²) in [6.07, 6.45) is 0. The van der Waals surface area contributed by atoms with Crippen LogP contribution in [0.3, 0.4) is 0 Å². The molecule has 0 aliphatic heterocycles. The molecule has 1 aromatic carbocycles. The Morgan fingerprint density at radius 3 is 2.63 bits per heavy atom. The Balaban J connectivity index is 2.37. The van der Waals surface area contributed by atoms with Crippen molar-refractivity contribution in [1.29, 1.82) is 0 Å². The molecule has 1 aromatic rings. The number of nitrogens with one attached hydrogen (secondary N) is 2. The highest BCUT2D eigenvalue weighted by Crippen LogP contribution is 2.11. The van der Waals surface area contributed by atoms with E-state index in [4.69, 9.17) is 10.5 Å². The second-order valence-corrected chi connectivity index (χ2v) is 4.07. The molecule has 0 radical (unpaired) electrons. The van der Waals surface area contributed by atoms with E-state index in [1.807, 2.05) is 0 Å². The molecule has 0 fully saturated rings. The average Bonchev–Trinajstić information content (AvgIpc) is 2.42. The number of benzene rings is 1. The second kappa shape index (κ2) is 7.38. The number of nitrogens with two attached hydrogens (primary N) is 1. The monoisotopic (exact) mass is 265 g/mol. The van der Waals surface area contributed by atoms with Crippen molar-refractivity contribution in [3.63, 3.8) is 0 Å². The molecular weight excluding hydrogens is 246 g/mol. The van der Waals surface area contributed by atoms with Crippen molar-refractivity contribution in [3.8, 4) is 5.75 Å². The summed E-state index contributed by atoms with van der Waals surface area (Å²) in [4.78, 5) is 23.0. The van der Waals surface area contributed by atoms with E-state index >= 15 is 0 Å². The number of methoxy groups -OCH3 is 1. The highest BCUT2D eigenvalue weighted by atomic mass is 16.5. The van der Waals surface area contributed by atoms with E-state index in [1.165, 1.54) is 0 Å². The number of rotatable bonds is 6. The molecule has 6 heteroatoms. The minimum absolute atomic E-state index is 0.214. The van der Waals surface area contributed by atoms with Gasteiger partial charge < -0.3 is 21.1 Å². The summed E-state index contributed by atoms with van der Waals surface area (Å²) >= 11 is 0. The van der Waals surface area contributed by atoms with Crippen molar-refractivity contribution in [3.05, 3.63) is 29.8 Å². The molecule has 104 valence electrons. The zero-order chi connectivity index (χ0) is 14.3. The van der Waals surface area contributed by atoms with Gasteiger partial charge in [0.05, 0.1) is 13.2 Å². The molecule has 0 spiro atoms. The van der Waals surface area contributed by atoms with E-state index in [9.17, 15) is 9.59 Å². The predicted octanol–water partition coefficient (Wildman–Crippen LogP) is -0.112. The maximum atomic E-state index is 11.8. The van der Waals surface area contributed by atoms with E-state index < -0.39 is 6.04 Å². The SMILES string of the molecule is COc1cccc(C(=O)NCCNC(=O)[C@H](C)N)c1. The van der Waals surface area contributed by atoms with E-state index in [1.54, 1.807) is 38.3 Å². The average molecular weight is 265 g/mol. The van der Waals surface area contributed by atoms with Crippen LogP contribution in [0, 0.1) is 0 Å². The van der Waals surface area contributed by atoms with Gasteiger partial charge in [-0.15, -0.1) is 0 Å². The van der Waals surface area contributed by atoms with E-state index in [2.05, 4.69) is 10.6 Å². The maximum absolute atomic E-state index is 11.8. The highest BCUT2D eigenvalue weighted by Gasteiger charge is 2.07. The van der Waals surface area contributed by atoms with Gasteiger partial charge in [0.1, 0.15) is 5.75 Å². The molecule has 19 heavy (non-hydrogen) atoms. The number of hydrogen-bond donors (Lipinski definition) is 3. The molecule has 1 atom stereocenters. The van der Waals surface area contributed by atoms with Gasteiger partial charge in [-0.2, -0.15) is 0 Å². The quantitative estimate of drug-likeness (QED) is 0.626. The minimum Gasteiger partial charge on any atom is -0.497 e. The third kappa shape index (κ3) is 4.97. The second-order valence-electron chi connectivity index (χ2n) is 4.07. The topological polar surface area (TPSA) is 93.5 Å². The first-order chi connectivity index (χ1) is 9.04. The number of amides is 2. The molecule has 2 amide bonds. The first-order valence-electron chi connectivity index (χ1n) is 6.00. The number of ether oxygens (including phenoxy) is 1. The van der Waals surface area contributed by atoms with Crippen LogP contribution >= 0.6 is 0 Å². The summed E-state index contributed by atoms with van der Waals surface area (Å²) in [5, 5.41) is 5.30. The molecule has 0 aliphatic carbocycles. The highest BCUT2D eigenvalue weighted by molar-refractivity contribution is 5.94. The Hall–Kier alpha value is -2.08. The Morgan fingerprint density at radius 2 is 2.00 bits per heavy atom. The van der Waals surface area contributed by atoms with Crippen LogP contribution in [0.5, 0.6) is 5.75 Å². The van der Waals surface area contributed by atoms with Crippen molar-refractivity contribution in [2.24, 2.45) is 5.73 Å². The molecule has 4 N–H and O–H groups in total. The maximum Gasteiger partial charge on any atom is 0.251 e. The normalized spacial score (nSPS) is 11.5. The van der Waals surface area contributed by atoms with Gasteiger partial charge >= 0.3 is 0 Å². The predicted molar refractivity (Wildman–Crippen MR) is 72.0 cm³/mol. The standard InChI is InChI=1S/C13H19N3O3/c1-9(14)12(17)15-6-7-16-13(18)10-4-3-5-11(8-10)19-2/h3-5,8-9H,6-7,14H2,1-2H3,(H,15,17)(H,16,18)/t9-/m0/s1. The molecule has 0 heterocycles. The Labute approximate surface area is 112 Å². The summed E-state index contributed by atoms with van der Waals surface area (Å²) in [6, 6.07) is 6.30. The van der Waals surface area contributed by atoms with Gasteiger partial charge in [-0.1, -0.05) is 6.07 Å². The molecule has 0 saturated carbocycles. The Kier molecular flexibility index (Phi) is 5.81. The summed E-state index contributed by atoms with van der Waals surface area (Å²) in [5.74, 6) is 0.169. The van der Waals surface area contributed by atoms with E-state index in [-0.39, 0.29) is 11.8 Å². The van der Waals surface area contributed by atoms with Crippen LogP contribution in [0.1, 0.15) is 17.3 Å². The fraction of sp³-hybridized carbons (Fsp3) is 0.385. The first kappa shape index (κ1) is 15.0. The lowest BCUT2D eigenvalue weighted by Crippen LogP contribution is -2.42. The molecule has 0 unspecified atom stereocenters. The largest absolute Gasteiger partial charge is 0.497 e. The van der Waals surface area contributed by atoms with Gasteiger partial charge in [-0.3, -0.25) is 9.59 Å². The lowest BCUT2D eigenvalue weighted by molar-refractivity contribution is -0.121. The first-order valence-corrected chi connectivity index (χ1v) is 6.00. The third-order valence-electron chi connectivity index (χ3n) is 2.46. The van der Waals surface area contributed by atoms with E-state index in [0.717, 1.165) is 0 Å². The van der Waals surface area contributed by atoms with Crippen molar-refractivity contribution in [2.75, 3.05) is 20.2 Å². The molecule has 0 aliphatic rings. The van der Waals surface area contributed by atoms with Crippen LogP contribution in [-0.4, -0.2) is 38.1 Å². The smallest absolute Gasteiger partial charge is 0.251 e.